The minimum Gasteiger partial charge on any atom is -0.482 e. The number of hydrogen-bond donors (Lipinski definition) is 1. The molecule has 0 spiro atoms. The van der Waals surface area contributed by atoms with Crippen LogP contribution in [-0.2, 0) is 9.53 Å². The molecule has 0 saturated carbocycles. The third kappa shape index (κ3) is 6.08. The molecule has 0 bridgehead atoms. The first-order valence-corrected chi connectivity index (χ1v) is 8.69. The largest absolute Gasteiger partial charge is 0.482 e. The Bertz CT molecular complexity index is 772. The number of esters is 1. The molecule has 2 rings (SSSR count). The van der Waals surface area contributed by atoms with Gasteiger partial charge in [0.05, 0.1) is 6.61 Å². The van der Waals surface area contributed by atoms with E-state index >= 15 is 0 Å². The third-order valence-electron chi connectivity index (χ3n) is 3.49. The maximum Gasteiger partial charge on any atom is 0.344 e. The first-order valence-electron chi connectivity index (χ1n) is 8.31. The van der Waals surface area contributed by atoms with Crippen LogP contribution in [-0.4, -0.2) is 25.1 Å². The Hall–Kier alpha value is -2.53. The molecule has 1 N–H and O–H groups in total. The van der Waals surface area contributed by atoms with E-state index in [2.05, 4.69) is 5.32 Å². The molecule has 0 aromatic heterocycles. The average Bonchev–Trinajstić information content (AvgIpc) is 2.61. The lowest BCUT2D eigenvalue weighted by Crippen LogP contribution is -2.17. The average molecular weight is 376 g/mol. The molecular weight excluding hydrogens is 354 g/mol. The summed E-state index contributed by atoms with van der Waals surface area (Å²) in [6.45, 7) is 6.00. The van der Waals surface area contributed by atoms with Crippen molar-refractivity contribution in [1.82, 2.24) is 0 Å². The number of amides is 1. The predicted octanol–water partition coefficient (Wildman–Crippen LogP) is 4.48. The molecule has 2 aromatic rings. The highest BCUT2D eigenvalue weighted by Gasteiger charge is 2.09. The number of carbonyl (C=O) groups excluding carboxylic acids is 2. The Kier molecular flexibility index (Phi) is 7.04. The number of ether oxygens (including phenoxy) is 2. The topological polar surface area (TPSA) is 64.6 Å². The molecule has 1 amide bonds. The van der Waals surface area contributed by atoms with E-state index in [1.54, 1.807) is 42.5 Å². The van der Waals surface area contributed by atoms with Gasteiger partial charge in [0, 0.05) is 16.3 Å². The fourth-order valence-electron chi connectivity index (χ4n) is 2.11. The fourth-order valence-corrected chi connectivity index (χ4v) is 2.33. The van der Waals surface area contributed by atoms with Crippen LogP contribution in [0.1, 0.15) is 29.8 Å². The maximum atomic E-state index is 12.3. The number of halogens is 1. The van der Waals surface area contributed by atoms with Crippen LogP contribution < -0.4 is 10.1 Å². The highest BCUT2D eigenvalue weighted by Crippen LogP contribution is 2.21. The molecule has 0 saturated heterocycles. The van der Waals surface area contributed by atoms with Gasteiger partial charge in [-0.1, -0.05) is 25.4 Å². The summed E-state index contributed by atoms with van der Waals surface area (Å²) >= 11 is 5.92. The van der Waals surface area contributed by atoms with Crippen LogP contribution in [0, 0.1) is 12.8 Å². The maximum absolute atomic E-state index is 12.3. The minimum atomic E-state index is -0.418. The van der Waals surface area contributed by atoms with Crippen molar-refractivity contribution in [2.24, 2.45) is 5.92 Å². The quantitative estimate of drug-likeness (QED) is 0.725. The van der Waals surface area contributed by atoms with Crippen molar-refractivity contribution in [3.8, 4) is 5.75 Å². The van der Waals surface area contributed by atoms with Gasteiger partial charge >= 0.3 is 5.97 Å². The molecule has 6 heteroatoms. The molecule has 0 unspecified atom stereocenters. The van der Waals surface area contributed by atoms with E-state index in [4.69, 9.17) is 21.1 Å². The summed E-state index contributed by atoms with van der Waals surface area (Å²) in [5.74, 6) is 0.115. The van der Waals surface area contributed by atoms with E-state index in [1.165, 1.54) is 0 Å². The highest BCUT2D eigenvalue weighted by molar-refractivity contribution is 6.30. The molecule has 0 radical (unpaired) electrons. The number of aryl methyl sites for hydroxylation is 1. The zero-order chi connectivity index (χ0) is 19.1. The van der Waals surface area contributed by atoms with Crippen LogP contribution in [0.5, 0.6) is 5.75 Å². The molecule has 0 aliphatic carbocycles. The summed E-state index contributed by atoms with van der Waals surface area (Å²) in [7, 11) is 0. The van der Waals surface area contributed by atoms with Gasteiger partial charge in [0.2, 0.25) is 0 Å². The van der Waals surface area contributed by atoms with Crippen LogP contribution in [0.25, 0.3) is 0 Å². The van der Waals surface area contributed by atoms with Gasteiger partial charge in [-0.25, -0.2) is 4.79 Å². The van der Waals surface area contributed by atoms with Crippen LogP contribution in [0.15, 0.2) is 42.5 Å². The Morgan fingerprint density at radius 1 is 1.12 bits per heavy atom. The van der Waals surface area contributed by atoms with Crippen LogP contribution in [0.2, 0.25) is 5.02 Å². The number of carbonyl (C=O) groups is 2. The van der Waals surface area contributed by atoms with Gasteiger partial charge in [0.15, 0.2) is 6.61 Å². The fraction of sp³-hybridized carbons (Fsp3) is 0.300. The number of hydrogen-bond acceptors (Lipinski definition) is 4. The third-order valence-corrected chi connectivity index (χ3v) is 3.72. The van der Waals surface area contributed by atoms with Crippen molar-refractivity contribution in [2.45, 2.75) is 20.8 Å². The lowest BCUT2D eigenvalue weighted by molar-refractivity contribution is -0.147. The summed E-state index contributed by atoms with van der Waals surface area (Å²) in [6.07, 6.45) is 0. The van der Waals surface area contributed by atoms with E-state index < -0.39 is 5.97 Å². The van der Waals surface area contributed by atoms with Gasteiger partial charge in [0.1, 0.15) is 5.75 Å². The van der Waals surface area contributed by atoms with Gasteiger partial charge in [-0.05, 0) is 60.9 Å². The zero-order valence-electron chi connectivity index (χ0n) is 15.0. The van der Waals surface area contributed by atoms with Crippen molar-refractivity contribution < 1.29 is 19.1 Å². The van der Waals surface area contributed by atoms with Crippen molar-refractivity contribution in [2.75, 3.05) is 18.5 Å². The summed E-state index contributed by atoms with van der Waals surface area (Å²) in [4.78, 5) is 23.9. The van der Waals surface area contributed by atoms with E-state index in [9.17, 15) is 9.59 Å². The second-order valence-corrected chi connectivity index (χ2v) is 6.74. The van der Waals surface area contributed by atoms with Crippen LogP contribution in [0.4, 0.5) is 5.69 Å². The van der Waals surface area contributed by atoms with Gasteiger partial charge in [-0.3, -0.25) is 4.79 Å². The van der Waals surface area contributed by atoms with Crippen molar-refractivity contribution in [3.63, 3.8) is 0 Å². The molecule has 0 atom stereocenters. The van der Waals surface area contributed by atoms with E-state index in [-0.39, 0.29) is 18.4 Å². The summed E-state index contributed by atoms with van der Waals surface area (Å²) < 4.78 is 10.4. The minimum absolute atomic E-state index is 0.164. The molecule has 138 valence electrons. The number of nitrogens with one attached hydrogen (secondary N) is 1. The van der Waals surface area contributed by atoms with Crippen molar-refractivity contribution in [1.29, 1.82) is 0 Å². The Balaban J connectivity index is 1.90. The second-order valence-electron chi connectivity index (χ2n) is 6.30. The monoisotopic (exact) mass is 375 g/mol. The van der Waals surface area contributed by atoms with Crippen molar-refractivity contribution in [3.05, 3.63) is 58.6 Å². The van der Waals surface area contributed by atoms with Gasteiger partial charge in [-0.2, -0.15) is 0 Å². The standard InChI is InChI=1S/C20H22ClNO4/c1-13(2)11-26-19(23)12-25-17-7-4-15(5-8-17)20(24)22-18-9-6-16(21)10-14(18)3/h4-10,13H,11-12H2,1-3H3,(H,22,24). The molecule has 26 heavy (non-hydrogen) atoms. The first kappa shape index (κ1) is 19.8. The molecule has 5 nitrogen and oxygen atoms in total. The summed E-state index contributed by atoms with van der Waals surface area (Å²) in [6, 6.07) is 11.8. The highest BCUT2D eigenvalue weighted by atomic mass is 35.5. The number of benzene rings is 2. The lowest BCUT2D eigenvalue weighted by Gasteiger charge is -2.10. The Morgan fingerprint density at radius 2 is 1.81 bits per heavy atom. The van der Waals surface area contributed by atoms with Crippen LogP contribution in [0.3, 0.4) is 0 Å². The predicted molar refractivity (Wildman–Crippen MR) is 102 cm³/mol. The Morgan fingerprint density at radius 3 is 2.42 bits per heavy atom. The van der Waals surface area contributed by atoms with E-state index in [0.717, 1.165) is 5.56 Å². The smallest absolute Gasteiger partial charge is 0.344 e. The number of rotatable bonds is 7. The zero-order valence-corrected chi connectivity index (χ0v) is 15.8. The molecular formula is C20H22ClNO4. The summed E-state index contributed by atoms with van der Waals surface area (Å²) in [5, 5.41) is 3.46. The molecule has 0 aliphatic rings. The van der Waals surface area contributed by atoms with Crippen molar-refractivity contribution >= 4 is 29.2 Å². The molecule has 0 heterocycles. The lowest BCUT2D eigenvalue weighted by atomic mass is 10.1. The van der Waals surface area contributed by atoms with E-state index in [0.29, 0.717) is 28.6 Å². The van der Waals surface area contributed by atoms with Crippen LogP contribution >= 0.6 is 11.6 Å². The SMILES string of the molecule is Cc1cc(Cl)ccc1NC(=O)c1ccc(OCC(=O)OCC(C)C)cc1. The molecule has 0 aliphatic heterocycles. The van der Waals surface area contributed by atoms with Gasteiger partial charge in [-0.15, -0.1) is 0 Å². The summed E-state index contributed by atoms with van der Waals surface area (Å²) in [5.41, 5.74) is 2.06. The molecule has 0 fully saturated rings. The first-order chi connectivity index (χ1) is 12.3. The van der Waals surface area contributed by atoms with E-state index in [1.807, 2.05) is 20.8 Å². The molecule has 2 aromatic carbocycles. The normalized spacial score (nSPS) is 10.5. The number of anilines is 1. The Labute approximate surface area is 158 Å². The van der Waals surface area contributed by atoms with Gasteiger partial charge < -0.3 is 14.8 Å². The van der Waals surface area contributed by atoms with Gasteiger partial charge in [0.25, 0.3) is 5.91 Å². The second kappa shape index (κ2) is 9.25.